The third-order valence-corrected chi connectivity index (χ3v) is 3.56. The average molecular weight is 263 g/mol. The molecule has 2 heterocycles. The molecular formula is C14H15ClN2O. The summed E-state index contributed by atoms with van der Waals surface area (Å²) in [5.41, 5.74) is 0.836. The summed E-state index contributed by atoms with van der Waals surface area (Å²) in [6, 6.07) is 5.64. The van der Waals surface area contributed by atoms with Gasteiger partial charge in [0.15, 0.2) is 0 Å². The molecule has 3 nitrogen and oxygen atoms in total. The summed E-state index contributed by atoms with van der Waals surface area (Å²) in [6.45, 7) is 0. The maximum absolute atomic E-state index is 6.01. The normalized spacial score (nSPS) is 16.9. The van der Waals surface area contributed by atoms with Gasteiger partial charge in [0.05, 0.1) is 10.9 Å². The van der Waals surface area contributed by atoms with Crippen LogP contribution >= 0.6 is 11.6 Å². The molecule has 0 bridgehead atoms. The van der Waals surface area contributed by atoms with Gasteiger partial charge in [-0.1, -0.05) is 18.0 Å². The number of rotatable bonds is 2. The van der Waals surface area contributed by atoms with Crippen LogP contribution in [0.3, 0.4) is 0 Å². The van der Waals surface area contributed by atoms with Crippen molar-refractivity contribution >= 4 is 22.5 Å². The van der Waals surface area contributed by atoms with Crippen LogP contribution in [0.15, 0.2) is 24.4 Å². The van der Waals surface area contributed by atoms with Gasteiger partial charge in [0.25, 0.3) is 0 Å². The zero-order valence-electron chi connectivity index (χ0n) is 10.1. The zero-order chi connectivity index (χ0) is 12.4. The van der Waals surface area contributed by atoms with Crippen molar-refractivity contribution in [1.82, 2.24) is 9.97 Å². The van der Waals surface area contributed by atoms with Gasteiger partial charge in [-0.2, -0.15) is 0 Å². The summed E-state index contributed by atoms with van der Waals surface area (Å²) < 4.78 is 6.01. The topological polar surface area (TPSA) is 35.0 Å². The van der Waals surface area contributed by atoms with Gasteiger partial charge in [0.2, 0.25) is 5.88 Å². The Labute approximate surface area is 111 Å². The Morgan fingerprint density at radius 1 is 1.22 bits per heavy atom. The number of aromatic nitrogens is 2. The molecule has 0 N–H and O–H groups in total. The maximum atomic E-state index is 6.01. The van der Waals surface area contributed by atoms with Crippen LogP contribution in [0.25, 0.3) is 10.9 Å². The van der Waals surface area contributed by atoms with E-state index >= 15 is 0 Å². The lowest BCUT2D eigenvalue weighted by atomic mass is 9.98. The molecule has 2 aromatic heterocycles. The molecule has 2 aromatic rings. The van der Waals surface area contributed by atoms with E-state index in [1.54, 1.807) is 12.3 Å². The largest absolute Gasteiger partial charge is 0.474 e. The molecule has 94 valence electrons. The van der Waals surface area contributed by atoms with Crippen molar-refractivity contribution < 1.29 is 4.74 Å². The number of fused-ring (bicyclic) bond motifs is 1. The quantitative estimate of drug-likeness (QED) is 0.768. The Morgan fingerprint density at radius 3 is 2.89 bits per heavy atom. The van der Waals surface area contributed by atoms with Gasteiger partial charge in [0, 0.05) is 12.3 Å². The number of nitrogens with zero attached hydrogens (tertiary/aromatic N) is 2. The van der Waals surface area contributed by atoms with Gasteiger partial charge in [-0.3, -0.25) is 4.98 Å². The van der Waals surface area contributed by atoms with Gasteiger partial charge in [-0.25, -0.2) is 4.98 Å². The molecule has 4 heteroatoms. The van der Waals surface area contributed by atoms with E-state index in [9.17, 15) is 0 Å². The van der Waals surface area contributed by atoms with E-state index in [-0.39, 0.29) is 6.10 Å². The average Bonchev–Trinajstić information content (AvgIpc) is 2.40. The maximum Gasteiger partial charge on any atom is 0.224 e. The minimum absolute atomic E-state index is 0.271. The predicted molar refractivity (Wildman–Crippen MR) is 72.0 cm³/mol. The summed E-state index contributed by atoms with van der Waals surface area (Å²) in [4.78, 5) is 8.59. The fourth-order valence-electron chi connectivity index (χ4n) is 2.45. The molecule has 18 heavy (non-hydrogen) atoms. The first-order valence-corrected chi connectivity index (χ1v) is 6.78. The van der Waals surface area contributed by atoms with Gasteiger partial charge in [-0.15, -0.1) is 0 Å². The minimum atomic E-state index is 0.271. The fourth-order valence-corrected chi connectivity index (χ4v) is 2.63. The first kappa shape index (κ1) is 11.7. The van der Waals surface area contributed by atoms with Gasteiger partial charge in [0.1, 0.15) is 11.3 Å². The van der Waals surface area contributed by atoms with Crippen molar-refractivity contribution in [2.75, 3.05) is 0 Å². The van der Waals surface area contributed by atoms with Crippen LogP contribution in [0.4, 0.5) is 0 Å². The molecule has 1 saturated carbocycles. The number of halogens is 1. The Balaban J connectivity index is 1.94. The monoisotopic (exact) mass is 262 g/mol. The van der Waals surface area contributed by atoms with Crippen LogP contribution in [-0.4, -0.2) is 16.1 Å². The molecule has 0 unspecified atom stereocenters. The molecule has 1 aliphatic carbocycles. The lowest BCUT2D eigenvalue weighted by molar-refractivity contribution is 0.151. The molecule has 0 radical (unpaired) electrons. The van der Waals surface area contributed by atoms with Crippen LogP contribution < -0.4 is 4.74 Å². The Kier molecular flexibility index (Phi) is 3.33. The number of hydrogen-bond acceptors (Lipinski definition) is 3. The number of ether oxygens (including phenoxy) is 1. The molecule has 0 aromatic carbocycles. The summed E-state index contributed by atoms with van der Waals surface area (Å²) in [5, 5.41) is 1.37. The molecule has 0 amide bonds. The van der Waals surface area contributed by atoms with Crippen LogP contribution in [-0.2, 0) is 0 Å². The van der Waals surface area contributed by atoms with Crippen LogP contribution in [0, 0.1) is 0 Å². The van der Waals surface area contributed by atoms with Gasteiger partial charge < -0.3 is 4.74 Å². The zero-order valence-corrected chi connectivity index (χ0v) is 10.9. The van der Waals surface area contributed by atoms with Gasteiger partial charge >= 0.3 is 0 Å². The van der Waals surface area contributed by atoms with E-state index in [0.717, 1.165) is 23.7 Å². The number of pyridine rings is 2. The molecule has 3 rings (SSSR count). The SMILES string of the molecule is Clc1cc2ncccc2c(OC2CCCCC2)n1. The molecule has 0 spiro atoms. The Morgan fingerprint density at radius 2 is 2.06 bits per heavy atom. The van der Waals surface area contributed by atoms with Crippen molar-refractivity contribution in [2.24, 2.45) is 0 Å². The highest BCUT2D eigenvalue weighted by molar-refractivity contribution is 6.30. The second-order valence-electron chi connectivity index (χ2n) is 4.70. The third-order valence-electron chi connectivity index (χ3n) is 3.36. The Bertz CT molecular complexity index is 552. The molecule has 1 fully saturated rings. The van der Waals surface area contributed by atoms with Crippen molar-refractivity contribution in [2.45, 2.75) is 38.2 Å². The van der Waals surface area contributed by atoms with E-state index in [0.29, 0.717) is 11.0 Å². The van der Waals surface area contributed by atoms with Crippen LogP contribution in [0.5, 0.6) is 5.88 Å². The van der Waals surface area contributed by atoms with E-state index in [1.807, 2.05) is 12.1 Å². The first-order chi connectivity index (χ1) is 8.83. The summed E-state index contributed by atoms with van der Waals surface area (Å²) >= 11 is 6.01. The fraction of sp³-hybridized carbons (Fsp3) is 0.429. The summed E-state index contributed by atoms with van der Waals surface area (Å²) in [6.07, 6.45) is 8.02. The van der Waals surface area contributed by atoms with Crippen molar-refractivity contribution in [3.05, 3.63) is 29.5 Å². The van der Waals surface area contributed by atoms with Crippen molar-refractivity contribution in [3.63, 3.8) is 0 Å². The molecule has 0 atom stereocenters. The van der Waals surface area contributed by atoms with Crippen molar-refractivity contribution in [3.8, 4) is 5.88 Å². The molecule has 1 aliphatic rings. The Hall–Kier alpha value is -1.35. The highest BCUT2D eigenvalue weighted by atomic mass is 35.5. The van der Waals surface area contributed by atoms with Gasteiger partial charge in [-0.05, 0) is 37.8 Å². The summed E-state index contributed by atoms with van der Waals surface area (Å²) in [7, 11) is 0. The molecule has 0 aliphatic heterocycles. The second-order valence-corrected chi connectivity index (χ2v) is 5.09. The van der Waals surface area contributed by atoms with E-state index in [4.69, 9.17) is 16.3 Å². The van der Waals surface area contributed by atoms with E-state index in [1.165, 1.54) is 19.3 Å². The van der Waals surface area contributed by atoms with Crippen molar-refractivity contribution in [1.29, 1.82) is 0 Å². The summed E-state index contributed by atoms with van der Waals surface area (Å²) in [5.74, 6) is 0.623. The third kappa shape index (κ3) is 2.41. The van der Waals surface area contributed by atoms with Crippen LogP contribution in [0.2, 0.25) is 5.15 Å². The predicted octanol–water partition coefficient (Wildman–Crippen LogP) is 3.99. The number of hydrogen-bond donors (Lipinski definition) is 0. The minimum Gasteiger partial charge on any atom is -0.474 e. The van der Waals surface area contributed by atoms with E-state index in [2.05, 4.69) is 9.97 Å². The smallest absolute Gasteiger partial charge is 0.224 e. The highest BCUT2D eigenvalue weighted by Crippen LogP contribution is 2.28. The lowest BCUT2D eigenvalue weighted by Gasteiger charge is -2.22. The standard InChI is InChI=1S/C14H15ClN2O/c15-13-9-12-11(7-4-8-16-12)14(17-13)18-10-5-2-1-3-6-10/h4,7-10H,1-3,5-6H2. The highest BCUT2D eigenvalue weighted by Gasteiger charge is 2.17. The molecular weight excluding hydrogens is 248 g/mol. The molecule has 0 saturated heterocycles. The van der Waals surface area contributed by atoms with Crippen LogP contribution in [0.1, 0.15) is 32.1 Å². The second kappa shape index (κ2) is 5.11. The lowest BCUT2D eigenvalue weighted by Crippen LogP contribution is -2.20. The van der Waals surface area contributed by atoms with E-state index < -0.39 is 0 Å². The first-order valence-electron chi connectivity index (χ1n) is 6.41.